The van der Waals surface area contributed by atoms with Crippen molar-refractivity contribution in [3.8, 4) is 0 Å². The molecule has 1 aliphatic rings. The summed E-state index contributed by atoms with van der Waals surface area (Å²) in [4.78, 5) is 23.0. The quantitative estimate of drug-likeness (QED) is 0.633. The zero-order valence-corrected chi connectivity index (χ0v) is 9.32. The lowest BCUT2D eigenvalue weighted by Gasteiger charge is -1.97. The van der Waals surface area contributed by atoms with E-state index >= 15 is 0 Å². The van der Waals surface area contributed by atoms with Crippen molar-refractivity contribution in [2.24, 2.45) is 0 Å². The molecule has 5 heteroatoms. The number of hydrogen-bond donors (Lipinski definition) is 1. The van der Waals surface area contributed by atoms with E-state index in [1.807, 2.05) is 0 Å². The molecule has 1 amide bonds. The summed E-state index contributed by atoms with van der Waals surface area (Å²) in [5.41, 5.74) is 0.501. The van der Waals surface area contributed by atoms with Gasteiger partial charge in [0.15, 0.2) is 18.0 Å². The van der Waals surface area contributed by atoms with Gasteiger partial charge in [0.1, 0.15) is 0 Å². The van der Waals surface area contributed by atoms with Gasteiger partial charge in [-0.1, -0.05) is 11.6 Å². The number of carbonyl (C=O) groups is 2. The number of hydrogen-bond acceptors (Lipinski definition) is 3. The van der Waals surface area contributed by atoms with Crippen molar-refractivity contribution < 1.29 is 14.3 Å². The second-order valence-electron chi connectivity index (χ2n) is 3.46. The van der Waals surface area contributed by atoms with Gasteiger partial charge in [0, 0.05) is 17.6 Å². The van der Waals surface area contributed by atoms with E-state index in [1.54, 1.807) is 24.3 Å². The van der Waals surface area contributed by atoms with Crippen LogP contribution in [0.1, 0.15) is 10.4 Å². The fraction of sp³-hybridized carbons (Fsp3) is 0.273. The number of nitrogens with one attached hydrogen (secondary N) is 1. The first kappa shape index (κ1) is 11.1. The van der Waals surface area contributed by atoms with Crippen LogP contribution >= 0.6 is 11.6 Å². The Morgan fingerprint density at radius 2 is 1.88 bits per heavy atom. The number of benzene rings is 1. The van der Waals surface area contributed by atoms with Gasteiger partial charge in [0.2, 0.25) is 0 Å². The Morgan fingerprint density at radius 3 is 2.44 bits per heavy atom. The molecule has 0 aliphatic carbocycles. The van der Waals surface area contributed by atoms with Crippen molar-refractivity contribution in [3.63, 3.8) is 0 Å². The number of ether oxygens (including phenoxy) is 1. The fourth-order valence-electron chi connectivity index (χ4n) is 1.43. The second kappa shape index (κ2) is 4.23. The van der Waals surface area contributed by atoms with Crippen LogP contribution < -0.4 is 5.32 Å². The molecule has 1 saturated heterocycles. The van der Waals surface area contributed by atoms with Crippen molar-refractivity contribution >= 4 is 23.3 Å². The highest BCUT2D eigenvalue weighted by Gasteiger charge is 2.49. The van der Waals surface area contributed by atoms with Gasteiger partial charge >= 0.3 is 0 Å². The smallest absolute Gasteiger partial charge is 0.252 e. The normalized spacial score (nSPS) is 22.6. The predicted octanol–water partition coefficient (Wildman–Crippen LogP) is 1.04. The molecule has 2 rings (SSSR count). The third-order valence-electron chi connectivity index (χ3n) is 2.38. The van der Waals surface area contributed by atoms with E-state index < -0.39 is 12.2 Å². The maximum atomic E-state index is 11.8. The molecule has 16 heavy (non-hydrogen) atoms. The molecular formula is C11H10ClNO3. The molecule has 0 aromatic heterocycles. The molecule has 0 radical (unpaired) electrons. The van der Waals surface area contributed by atoms with Gasteiger partial charge in [-0.2, -0.15) is 0 Å². The van der Waals surface area contributed by atoms with E-state index in [0.29, 0.717) is 10.6 Å². The predicted molar refractivity (Wildman–Crippen MR) is 58.5 cm³/mol. The Hall–Kier alpha value is -1.39. The lowest BCUT2D eigenvalue weighted by Crippen LogP contribution is -2.26. The standard InChI is InChI=1S/C11H10ClNO3/c1-13-11(15)10-9(16-10)8(14)6-2-4-7(12)5-3-6/h2-5,9-10H,1H3,(H,13,15)/t9-,10+/m0/s1. The van der Waals surface area contributed by atoms with Crippen LogP contribution in [0.3, 0.4) is 0 Å². The first-order valence-electron chi connectivity index (χ1n) is 4.80. The minimum atomic E-state index is -0.652. The average molecular weight is 240 g/mol. The van der Waals surface area contributed by atoms with Crippen molar-refractivity contribution in [2.45, 2.75) is 12.2 Å². The number of ketones is 1. The van der Waals surface area contributed by atoms with E-state index in [1.165, 1.54) is 7.05 Å². The summed E-state index contributed by atoms with van der Waals surface area (Å²) in [7, 11) is 1.51. The zero-order chi connectivity index (χ0) is 11.7. The number of likely N-dealkylation sites (N-methyl/N-ethyl adjacent to an activating group) is 1. The van der Waals surface area contributed by atoms with Gasteiger partial charge in [0.05, 0.1) is 0 Å². The van der Waals surface area contributed by atoms with E-state index in [9.17, 15) is 9.59 Å². The lowest BCUT2D eigenvalue weighted by atomic mass is 10.1. The summed E-state index contributed by atoms with van der Waals surface area (Å²) < 4.78 is 5.02. The zero-order valence-electron chi connectivity index (χ0n) is 8.57. The molecule has 84 valence electrons. The molecule has 1 aromatic carbocycles. The maximum absolute atomic E-state index is 11.8. The number of halogens is 1. The number of Topliss-reactive ketones (excluding diaryl/α,β-unsaturated/α-hetero) is 1. The van der Waals surface area contributed by atoms with Crippen molar-refractivity contribution in [1.82, 2.24) is 5.32 Å². The molecule has 1 fully saturated rings. The summed E-state index contributed by atoms with van der Waals surface area (Å²) >= 11 is 5.71. The van der Waals surface area contributed by atoms with Crippen LogP contribution in [0, 0.1) is 0 Å². The molecule has 0 unspecified atom stereocenters. The second-order valence-corrected chi connectivity index (χ2v) is 3.90. The Labute approximate surface area is 97.5 Å². The molecule has 1 heterocycles. The third kappa shape index (κ3) is 2.08. The minimum absolute atomic E-state index is 0.190. The highest BCUT2D eigenvalue weighted by Crippen LogP contribution is 2.26. The van der Waals surface area contributed by atoms with Crippen LogP contribution in [0.5, 0.6) is 0 Å². The summed E-state index contributed by atoms with van der Waals surface area (Å²) in [5, 5.41) is 3.00. The van der Waals surface area contributed by atoms with Crippen LogP contribution in [0.2, 0.25) is 5.02 Å². The Kier molecular flexibility index (Phi) is 2.94. The number of amides is 1. The SMILES string of the molecule is CNC(=O)[C@@H]1O[C@H]1C(=O)c1ccc(Cl)cc1. The fourth-order valence-corrected chi connectivity index (χ4v) is 1.56. The van der Waals surface area contributed by atoms with Crippen LogP contribution in [0.4, 0.5) is 0 Å². The molecule has 4 nitrogen and oxygen atoms in total. The minimum Gasteiger partial charge on any atom is -0.357 e. The Morgan fingerprint density at radius 1 is 1.25 bits per heavy atom. The monoisotopic (exact) mass is 239 g/mol. The van der Waals surface area contributed by atoms with Crippen molar-refractivity contribution in [2.75, 3.05) is 7.05 Å². The van der Waals surface area contributed by atoms with Gasteiger partial charge in [-0.05, 0) is 24.3 Å². The first-order valence-corrected chi connectivity index (χ1v) is 5.18. The van der Waals surface area contributed by atoms with Crippen LogP contribution in [-0.2, 0) is 9.53 Å². The number of rotatable bonds is 3. The summed E-state index contributed by atoms with van der Waals surface area (Å²) in [6, 6.07) is 6.50. The summed E-state index contributed by atoms with van der Waals surface area (Å²) in [6.07, 6.45) is -1.30. The Balaban J connectivity index is 2.05. The van der Waals surface area contributed by atoms with E-state index in [4.69, 9.17) is 16.3 Å². The van der Waals surface area contributed by atoms with Gasteiger partial charge < -0.3 is 10.1 Å². The highest BCUT2D eigenvalue weighted by molar-refractivity contribution is 6.30. The molecule has 0 saturated carbocycles. The molecule has 2 atom stereocenters. The third-order valence-corrected chi connectivity index (χ3v) is 2.64. The largest absolute Gasteiger partial charge is 0.357 e. The maximum Gasteiger partial charge on any atom is 0.252 e. The molecule has 1 aliphatic heterocycles. The van der Waals surface area contributed by atoms with Crippen molar-refractivity contribution in [3.05, 3.63) is 34.9 Å². The molecular weight excluding hydrogens is 230 g/mol. The summed E-state index contributed by atoms with van der Waals surface area (Å²) in [6.45, 7) is 0. The topological polar surface area (TPSA) is 58.7 Å². The first-order chi connectivity index (χ1) is 7.63. The van der Waals surface area contributed by atoms with E-state index in [-0.39, 0.29) is 11.7 Å². The summed E-state index contributed by atoms with van der Waals surface area (Å²) in [5.74, 6) is -0.461. The van der Waals surface area contributed by atoms with Gasteiger partial charge in [0.25, 0.3) is 5.91 Å². The van der Waals surface area contributed by atoms with Crippen LogP contribution in [-0.4, -0.2) is 30.9 Å². The van der Waals surface area contributed by atoms with Gasteiger partial charge in [-0.25, -0.2) is 0 Å². The van der Waals surface area contributed by atoms with Gasteiger partial charge in [-0.3, -0.25) is 9.59 Å². The van der Waals surface area contributed by atoms with Crippen LogP contribution in [0.15, 0.2) is 24.3 Å². The van der Waals surface area contributed by atoms with Crippen LogP contribution in [0.25, 0.3) is 0 Å². The lowest BCUT2D eigenvalue weighted by molar-refractivity contribution is -0.121. The van der Waals surface area contributed by atoms with Crippen molar-refractivity contribution in [1.29, 1.82) is 0 Å². The van der Waals surface area contributed by atoms with Gasteiger partial charge in [-0.15, -0.1) is 0 Å². The Bertz CT molecular complexity index is 429. The van der Waals surface area contributed by atoms with E-state index in [0.717, 1.165) is 0 Å². The molecule has 1 N–H and O–H groups in total. The van der Waals surface area contributed by atoms with E-state index in [2.05, 4.69) is 5.32 Å². The number of carbonyl (C=O) groups excluding carboxylic acids is 2. The number of epoxide rings is 1. The highest BCUT2D eigenvalue weighted by atomic mass is 35.5. The average Bonchev–Trinajstić information content (AvgIpc) is 3.08. The molecule has 1 aromatic rings. The molecule has 0 bridgehead atoms. The molecule has 0 spiro atoms.